The van der Waals surface area contributed by atoms with Crippen LogP contribution in [0, 0.1) is 6.92 Å². The van der Waals surface area contributed by atoms with E-state index in [2.05, 4.69) is 10.4 Å². The van der Waals surface area contributed by atoms with Gasteiger partial charge in [0.2, 0.25) is 15.9 Å². The number of hydrogen-bond acceptors (Lipinski definition) is 6. The number of ether oxygens (including phenoxy) is 1. The summed E-state index contributed by atoms with van der Waals surface area (Å²) < 4.78 is 34.1. The number of hydrogen-bond donors (Lipinski definition) is 1. The standard InChI is InChI=1S/C19H27N5O4S/c1-4-28-17-7-5-16(6-8-17)21-19(25)14-23-9-11-24(12-10-23)29(26,27)18-13-20-22(3)15(18)2/h5-8,13H,4,9-12,14H2,1-3H3,(H,21,25). The first-order chi connectivity index (χ1) is 13.8. The molecule has 0 atom stereocenters. The normalized spacial score (nSPS) is 16.0. The predicted octanol–water partition coefficient (Wildman–Crippen LogP) is 1.07. The van der Waals surface area contributed by atoms with E-state index in [1.165, 1.54) is 10.5 Å². The van der Waals surface area contributed by atoms with E-state index in [4.69, 9.17) is 4.74 Å². The van der Waals surface area contributed by atoms with Gasteiger partial charge in [0.25, 0.3) is 0 Å². The van der Waals surface area contributed by atoms with Crippen LogP contribution in [0.2, 0.25) is 0 Å². The minimum atomic E-state index is -3.57. The van der Waals surface area contributed by atoms with E-state index in [-0.39, 0.29) is 17.3 Å². The smallest absolute Gasteiger partial charge is 0.246 e. The second-order valence-electron chi connectivity index (χ2n) is 6.90. The number of benzene rings is 1. The fraction of sp³-hybridized carbons (Fsp3) is 0.474. The number of nitrogens with one attached hydrogen (secondary N) is 1. The van der Waals surface area contributed by atoms with Crippen LogP contribution in [0.4, 0.5) is 5.69 Å². The molecule has 1 fully saturated rings. The molecule has 1 saturated heterocycles. The Hall–Kier alpha value is -2.43. The molecule has 1 aromatic heterocycles. The van der Waals surface area contributed by atoms with E-state index in [1.54, 1.807) is 30.8 Å². The van der Waals surface area contributed by atoms with Gasteiger partial charge in [0.1, 0.15) is 10.6 Å². The lowest BCUT2D eigenvalue weighted by Crippen LogP contribution is -2.50. The maximum atomic E-state index is 12.8. The molecular weight excluding hydrogens is 394 g/mol. The van der Waals surface area contributed by atoms with E-state index in [1.807, 2.05) is 24.0 Å². The second kappa shape index (κ2) is 8.93. The van der Waals surface area contributed by atoms with Crippen molar-refractivity contribution < 1.29 is 17.9 Å². The Balaban J connectivity index is 1.51. The molecule has 0 bridgehead atoms. The third-order valence-corrected chi connectivity index (χ3v) is 6.96. The molecule has 9 nitrogen and oxygen atoms in total. The van der Waals surface area contributed by atoms with Crippen LogP contribution >= 0.6 is 0 Å². The van der Waals surface area contributed by atoms with E-state index in [0.717, 1.165) is 5.75 Å². The lowest BCUT2D eigenvalue weighted by atomic mass is 10.3. The number of amides is 1. The highest BCUT2D eigenvalue weighted by atomic mass is 32.2. The van der Waals surface area contributed by atoms with Gasteiger partial charge in [0.15, 0.2) is 0 Å². The van der Waals surface area contributed by atoms with Crippen LogP contribution in [-0.4, -0.2) is 72.6 Å². The molecule has 29 heavy (non-hydrogen) atoms. The summed E-state index contributed by atoms with van der Waals surface area (Å²) in [7, 11) is -1.85. The van der Waals surface area contributed by atoms with Gasteiger partial charge >= 0.3 is 0 Å². The third-order valence-electron chi connectivity index (χ3n) is 4.96. The van der Waals surface area contributed by atoms with Crippen LogP contribution < -0.4 is 10.1 Å². The molecular formula is C19H27N5O4S. The lowest BCUT2D eigenvalue weighted by molar-refractivity contribution is -0.117. The van der Waals surface area contributed by atoms with Gasteiger partial charge in [-0.05, 0) is 38.1 Å². The fourth-order valence-electron chi connectivity index (χ4n) is 3.20. The van der Waals surface area contributed by atoms with Gasteiger partial charge in [-0.25, -0.2) is 8.42 Å². The first-order valence-electron chi connectivity index (χ1n) is 9.55. The summed E-state index contributed by atoms with van der Waals surface area (Å²) in [5, 5.41) is 6.88. The number of anilines is 1. The van der Waals surface area contributed by atoms with Gasteiger partial charge in [-0.2, -0.15) is 9.40 Å². The molecule has 0 saturated carbocycles. The van der Waals surface area contributed by atoms with Crippen LogP contribution in [0.15, 0.2) is 35.4 Å². The quantitative estimate of drug-likeness (QED) is 0.718. The molecule has 0 unspecified atom stereocenters. The van der Waals surface area contributed by atoms with Gasteiger partial charge in [-0.15, -0.1) is 0 Å². The molecule has 0 aliphatic carbocycles. The Morgan fingerprint density at radius 3 is 2.38 bits per heavy atom. The molecule has 2 heterocycles. The fourth-order valence-corrected chi connectivity index (χ4v) is 4.81. The Morgan fingerprint density at radius 1 is 1.17 bits per heavy atom. The van der Waals surface area contributed by atoms with Gasteiger partial charge < -0.3 is 10.1 Å². The van der Waals surface area contributed by atoms with Crippen LogP contribution in [-0.2, 0) is 21.9 Å². The minimum Gasteiger partial charge on any atom is -0.494 e. The molecule has 1 aliphatic rings. The van der Waals surface area contributed by atoms with Crippen molar-refractivity contribution in [3.8, 4) is 5.75 Å². The summed E-state index contributed by atoms with van der Waals surface area (Å²) in [6, 6.07) is 7.21. The van der Waals surface area contributed by atoms with Gasteiger partial charge in [-0.3, -0.25) is 14.4 Å². The van der Waals surface area contributed by atoms with Crippen LogP contribution in [0.1, 0.15) is 12.6 Å². The van der Waals surface area contributed by atoms with Crippen molar-refractivity contribution in [2.75, 3.05) is 44.6 Å². The largest absolute Gasteiger partial charge is 0.494 e. The number of rotatable bonds is 7. The Labute approximate surface area is 171 Å². The van der Waals surface area contributed by atoms with E-state index < -0.39 is 10.0 Å². The number of nitrogens with zero attached hydrogens (tertiary/aromatic N) is 4. The molecule has 3 rings (SSSR count). The van der Waals surface area contributed by atoms with E-state index in [0.29, 0.717) is 44.2 Å². The number of carbonyl (C=O) groups excluding carboxylic acids is 1. The number of sulfonamides is 1. The maximum absolute atomic E-state index is 12.8. The average Bonchev–Trinajstić information content (AvgIpc) is 3.03. The van der Waals surface area contributed by atoms with Crippen LogP contribution in [0.3, 0.4) is 0 Å². The molecule has 158 valence electrons. The summed E-state index contributed by atoms with van der Waals surface area (Å²) in [5.74, 6) is 0.625. The van der Waals surface area contributed by atoms with Crippen molar-refractivity contribution in [2.24, 2.45) is 7.05 Å². The summed E-state index contributed by atoms with van der Waals surface area (Å²) in [6.45, 7) is 6.13. The molecule has 1 aliphatic heterocycles. The second-order valence-corrected chi connectivity index (χ2v) is 8.81. The zero-order chi connectivity index (χ0) is 21.0. The van der Waals surface area contributed by atoms with Crippen molar-refractivity contribution in [1.29, 1.82) is 0 Å². The molecule has 2 aromatic rings. The van der Waals surface area contributed by atoms with Crippen LogP contribution in [0.25, 0.3) is 0 Å². The molecule has 0 radical (unpaired) electrons. The molecule has 1 N–H and O–H groups in total. The Kier molecular flexibility index (Phi) is 6.56. The third kappa shape index (κ3) is 4.95. The van der Waals surface area contributed by atoms with Gasteiger partial charge in [0.05, 0.1) is 25.0 Å². The monoisotopic (exact) mass is 421 g/mol. The number of piperazine rings is 1. The zero-order valence-corrected chi connectivity index (χ0v) is 17.8. The molecule has 0 spiro atoms. The average molecular weight is 422 g/mol. The van der Waals surface area contributed by atoms with E-state index >= 15 is 0 Å². The summed E-state index contributed by atoms with van der Waals surface area (Å²) in [6.07, 6.45) is 1.39. The van der Waals surface area contributed by atoms with Crippen molar-refractivity contribution in [1.82, 2.24) is 19.0 Å². The van der Waals surface area contributed by atoms with Crippen molar-refractivity contribution >= 4 is 21.6 Å². The van der Waals surface area contributed by atoms with Crippen molar-refractivity contribution in [3.05, 3.63) is 36.2 Å². The predicted molar refractivity (Wildman–Crippen MR) is 109 cm³/mol. The summed E-state index contributed by atoms with van der Waals surface area (Å²) in [4.78, 5) is 14.5. The highest BCUT2D eigenvalue weighted by Crippen LogP contribution is 2.20. The van der Waals surface area contributed by atoms with Gasteiger partial charge in [-0.1, -0.05) is 0 Å². The maximum Gasteiger partial charge on any atom is 0.246 e. The topological polar surface area (TPSA) is 96.8 Å². The van der Waals surface area contributed by atoms with Crippen molar-refractivity contribution in [2.45, 2.75) is 18.7 Å². The first-order valence-corrected chi connectivity index (χ1v) is 11.0. The Morgan fingerprint density at radius 2 is 1.83 bits per heavy atom. The zero-order valence-electron chi connectivity index (χ0n) is 17.0. The first kappa shape index (κ1) is 21.3. The lowest BCUT2D eigenvalue weighted by Gasteiger charge is -2.33. The van der Waals surface area contributed by atoms with Gasteiger partial charge in [0, 0.05) is 38.9 Å². The summed E-state index contributed by atoms with van der Waals surface area (Å²) in [5.41, 5.74) is 1.31. The molecule has 1 amide bonds. The van der Waals surface area contributed by atoms with Crippen LogP contribution in [0.5, 0.6) is 5.75 Å². The Bertz CT molecular complexity index is 947. The van der Waals surface area contributed by atoms with E-state index in [9.17, 15) is 13.2 Å². The van der Waals surface area contributed by atoms with Crippen molar-refractivity contribution in [3.63, 3.8) is 0 Å². The SMILES string of the molecule is CCOc1ccc(NC(=O)CN2CCN(S(=O)(=O)c3cnn(C)c3C)CC2)cc1. The highest BCUT2D eigenvalue weighted by molar-refractivity contribution is 7.89. The molecule has 1 aromatic carbocycles. The summed E-state index contributed by atoms with van der Waals surface area (Å²) >= 11 is 0. The highest BCUT2D eigenvalue weighted by Gasteiger charge is 2.31. The number of aromatic nitrogens is 2. The number of aryl methyl sites for hydroxylation is 1. The number of carbonyl (C=O) groups is 1. The molecule has 10 heteroatoms. The minimum absolute atomic E-state index is 0.131.